The largest absolute Gasteiger partial charge is 0.399 e. The second-order valence-electron chi connectivity index (χ2n) is 3.34. The van der Waals surface area contributed by atoms with E-state index in [1.807, 2.05) is 6.07 Å². The minimum absolute atomic E-state index is 0.914. The van der Waals surface area contributed by atoms with Gasteiger partial charge >= 0.3 is 0 Å². The van der Waals surface area contributed by atoms with Gasteiger partial charge in [0.15, 0.2) is 0 Å². The van der Waals surface area contributed by atoms with Crippen LogP contribution in [0.2, 0.25) is 0 Å². The highest BCUT2D eigenvalue weighted by Crippen LogP contribution is 2.28. The lowest BCUT2D eigenvalue weighted by Gasteiger charge is -2.20. The first-order valence-electron chi connectivity index (χ1n) is 4.41. The molecule has 0 saturated heterocycles. The predicted octanol–water partition coefficient (Wildman–Crippen LogP) is 1.94. The SMILES string of the molecule is Cc1c(N)ccc2c1CCCN2. The van der Waals surface area contributed by atoms with Gasteiger partial charge in [-0.3, -0.25) is 0 Å². The van der Waals surface area contributed by atoms with Gasteiger partial charge in [0.1, 0.15) is 0 Å². The molecule has 0 unspecified atom stereocenters. The molecule has 0 atom stereocenters. The summed E-state index contributed by atoms with van der Waals surface area (Å²) in [6.45, 7) is 3.19. The summed E-state index contributed by atoms with van der Waals surface area (Å²) in [6, 6.07) is 4.06. The van der Waals surface area contributed by atoms with Gasteiger partial charge in [0.2, 0.25) is 0 Å². The van der Waals surface area contributed by atoms with Crippen molar-refractivity contribution < 1.29 is 0 Å². The number of hydrogen-bond acceptors (Lipinski definition) is 2. The number of anilines is 2. The lowest BCUT2D eigenvalue weighted by molar-refractivity contribution is 0.825. The van der Waals surface area contributed by atoms with E-state index in [1.165, 1.54) is 29.7 Å². The monoisotopic (exact) mass is 162 g/mol. The minimum Gasteiger partial charge on any atom is -0.399 e. The number of nitrogens with one attached hydrogen (secondary N) is 1. The Hall–Kier alpha value is -1.18. The van der Waals surface area contributed by atoms with E-state index in [0.717, 1.165) is 12.2 Å². The maximum atomic E-state index is 5.82. The molecule has 12 heavy (non-hydrogen) atoms. The second-order valence-corrected chi connectivity index (χ2v) is 3.34. The third-order valence-electron chi connectivity index (χ3n) is 2.56. The van der Waals surface area contributed by atoms with Crippen LogP contribution in [0.25, 0.3) is 0 Å². The van der Waals surface area contributed by atoms with Crippen LogP contribution in [0.5, 0.6) is 0 Å². The Balaban J connectivity index is 2.54. The molecule has 1 heterocycles. The van der Waals surface area contributed by atoms with Crippen LogP contribution in [-0.4, -0.2) is 6.54 Å². The Labute approximate surface area is 72.8 Å². The molecule has 1 aliphatic rings. The van der Waals surface area contributed by atoms with Gasteiger partial charge in [0.25, 0.3) is 0 Å². The minimum atomic E-state index is 0.914. The zero-order chi connectivity index (χ0) is 8.55. The molecule has 0 aliphatic carbocycles. The fraction of sp³-hybridized carbons (Fsp3) is 0.400. The van der Waals surface area contributed by atoms with E-state index >= 15 is 0 Å². The average Bonchev–Trinajstić information content (AvgIpc) is 2.12. The van der Waals surface area contributed by atoms with Crippen LogP contribution >= 0.6 is 0 Å². The first kappa shape index (κ1) is 7.47. The maximum Gasteiger partial charge on any atom is 0.0376 e. The molecule has 3 N–H and O–H groups in total. The van der Waals surface area contributed by atoms with E-state index in [0.29, 0.717) is 0 Å². The summed E-state index contributed by atoms with van der Waals surface area (Å²) in [4.78, 5) is 0. The smallest absolute Gasteiger partial charge is 0.0376 e. The molecule has 0 fully saturated rings. The number of rotatable bonds is 0. The average molecular weight is 162 g/mol. The molecule has 0 radical (unpaired) electrons. The van der Waals surface area contributed by atoms with Crippen molar-refractivity contribution in [2.75, 3.05) is 17.6 Å². The summed E-state index contributed by atoms with van der Waals surface area (Å²) >= 11 is 0. The Morgan fingerprint density at radius 3 is 3.08 bits per heavy atom. The standard InChI is InChI=1S/C10H14N2/c1-7-8-3-2-6-12-10(8)5-4-9(7)11/h4-5,12H,2-3,6,11H2,1H3. The predicted molar refractivity (Wildman–Crippen MR) is 52.4 cm³/mol. The first-order valence-corrected chi connectivity index (χ1v) is 4.41. The van der Waals surface area contributed by atoms with E-state index < -0.39 is 0 Å². The Morgan fingerprint density at radius 1 is 1.42 bits per heavy atom. The van der Waals surface area contributed by atoms with Crippen molar-refractivity contribution in [2.45, 2.75) is 19.8 Å². The van der Waals surface area contributed by atoms with Crippen LogP contribution in [0, 0.1) is 6.92 Å². The number of nitrogen functional groups attached to an aromatic ring is 1. The van der Waals surface area contributed by atoms with Gasteiger partial charge in [-0.15, -0.1) is 0 Å². The van der Waals surface area contributed by atoms with Crippen LogP contribution in [-0.2, 0) is 6.42 Å². The number of nitrogens with two attached hydrogens (primary N) is 1. The van der Waals surface area contributed by atoms with Gasteiger partial charge in [-0.1, -0.05) is 0 Å². The number of hydrogen-bond donors (Lipinski definition) is 2. The molecule has 0 spiro atoms. The maximum absolute atomic E-state index is 5.82. The third-order valence-corrected chi connectivity index (χ3v) is 2.56. The van der Waals surface area contributed by atoms with Gasteiger partial charge in [-0.05, 0) is 43.0 Å². The van der Waals surface area contributed by atoms with Crippen molar-refractivity contribution in [3.05, 3.63) is 23.3 Å². The highest BCUT2D eigenvalue weighted by molar-refractivity contribution is 5.64. The first-order chi connectivity index (χ1) is 5.79. The van der Waals surface area contributed by atoms with Crippen LogP contribution < -0.4 is 11.1 Å². The van der Waals surface area contributed by atoms with Crippen LogP contribution in [0.3, 0.4) is 0 Å². The van der Waals surface area contributed by atoms with Crippen molar-refractivity contribution >= 4 is 11.4 Å². The normalized spacial score (nSPS) is 15.1. The second kappa shape index (κ2) is 2.70. The molecule has 1 aliphatic heterocycles. The van der Waals surface area contributed by atoms with E-state index in [9.17, 15) is 0 Å². The van der Waals surface area contributed by atoms with Gasteiger partial charge in [0.05, 0.1) is 0 Å². The number of benzene rings is 1. The van der Waals surface area contributed by atoms with Crippen molar-refractivity contribution in [2.24, 2.45) is 0 Å². The van der Waals surface area contributed by atoms with Gasteiger partial charge in [0, 0.05) is 17.9 Å². The Bertz CT molecular complexity index is 305. The lowest BCUT2D eigenvalue weighted by Crippen LogP contribution is -2.13. The zero-order valence-corrected chi connectivity index (χ0v) is 7.35. The highest BCUT2D eigenvalue weighted by atomic mass is 14.9. The molecule has 64 valence electrons. The van der Waals surface area contributed by atoms with Crippen molar-refractivity contribution in [1.29, 1.82) is 0 Å². The van der Waals surface area contributed by atoms with Crippen molar-refractivity contribution in [3.8, 4) is 0 Å². The molecule has 2 nitrogen and oxygen atoms in total. The van der Waals surface area contributed by atoms with Gasteiger partial charge < -0.3 is 11.1 Å². The van der Waals surface area contributed by atoms with E-state index in [2.05, 4.69) is 18.3 Å². The van der Waals surface area contributed by atoms with Gasteiger partial charge in [-0.25, -0.2) is 0 Å². The summed E-state index contributed by atoms with van der Waals surface area (Å²) in [7, 11) is 0. The summed E-state index contributed by atoms with van der Waals surface area (Å²) in [5.74, 6) is 0. The van der Waals surface area contributed by atoms with Crippen LogP contribution in [0.15, 0.2) is 12.1 Å². The van der Waals surface area contributed by atoms with Crippen LogP contribution in [0.4, 0.5) is 11.4 Å². The molecule has 0 bridgehead atoms. The molecular formula is C10H14N2. The van der Waals surface area contributed by atoms with Crippen molar-refractivity contribution in [3.63, 3.8) is 0 Å². The summed E-state index contributed by atoms with van der Waals surface area (Å²) in [6.07, 6.45) is 2.39. The van der Waals surface area contributed by atoms with E-state index in [1.54, 1.807) is 0 Å². The Kier molecular flexibility index (Phi) is 1.68. The molecule has 2 heteroatoms. The molecule has 2 rings (SSSR count). The summed E-state index contributed by atoms with van der Waals surface area (Å²) in [5, 5.41) is 3.38. The molecule has 0 saturated carbocycles. The quantitative estimate of drug-likeness (QED) is 0.572. The molecule has 1 aromatic rings. The van der Waals surface area contributed by atoms with E-state index in [-0.39, 0.29) is 0 Å². The topological polar surface area (TPSA) is 38.0 Å². The third kappa shape index (κ3) is 1.04. The summed E-state index contributed by atoms with van der Waals surface area (Å²) in [5.41, 5.74) is 10.7. The van der Waals surface area contributed by atoms with Crippen molar-refractivity contribution in [1.82, 2.24) is 0 Å². The molecule has 1 aromatic carbocycles. The molecular weight excluding hydrogens is 148 g/mol. The van der Waals surface area contributed by atoms with E-state index in [4.69, 9.17) is 5.73 Å². The number of fused-ring (bicyclic) bond motifs is 1. The molecule has 0 aromatic heterocycles. The lowest BCUT2D eigenvalue weighted by atomic mass is 9.97. The highest BCUT2D eigenvalue weighted by Gasteiger charge is 2.11. The molecule has 0 amide bonds. The van der Waals surface area contributed by atoms with Gasteiger partial charge in [-0.2, -0.15) is 0 Å². The van der Waals surface area contributed by atoms with Crippen LogP contribution in [0.1, 0.15) is 17.5 Å². The Morgan fingerprint density at radius 2 is 2.25 bits per heavy atom. The summed E-state index contributed by atoms with van der Waals surface area (Å²) < 4.78 is 0. The zero-order valence-electron chi connectivity index (χ0n) is 7.35. The fourth-order valence-corrected chi connectivity index (χ4v) is 1.75. The fourth-order valence-electron chi connectivity index (χ4n) is 1.75.